The highest BCUT2D eigenvalue weighted by atomic mass is 32.2. The van der Waals surface area contributed by atoms with E-state index in [4.69, 9.17) is 0 Å². The van der Waals surface area contributed by atoms with Gasteiger partial charge in [-0.2, -0.15) is 0 Å². The van der Waals surface area contributed by atoms with E-state index >= 15 is 0 Å². The van der Waals surface area contributed by atoms with Crippen LogP contribution in [0.4, 0.5) is 4.79 Å². The van der Waals surface area contributed by atoms with Crippen LogP contribution >= 0.6 is 0 Å². The van der Waals surface area contributed by atoms with Crippen molar-refractivity contribution >= 4 is 15.9 Å². The van der Waals surface area contributed by atoms with Gasteiger partial charge in [-0.15, -0.1) is 0 Å². The zero-order valence-corrected chi connectivity index (χ0v) is 12.0. The van der Waals surface area contributed by atoms with Crippen LogP contribution in [0.15, 0.2) is 24.3 Å². The Kier molecular flexibility index (Phi) is 3.41. The summed E-state index contributed by atoms with van der Waals surface area (Å²) in [5.41, 5.74) is 2.47. The molecule has 1 saturated heterocycles. The third kappa shape index (κ3) is 2.80. The molecule has 1 N–H and O–H groups in total. The lowest BCUT2D eigenvalue weighted by Crippen LogP contribution is -2.47. The summed E-state index contributed by atoms with van der Waals surface area (Å²) in [6, 6.07) is 7.73. The third-order valence-corrected chi connectivity index (χ3v) is 5.75. The lowest BCUT2D eigenvalue weighted by Gasteiger charge is -2.29. The molecule has 2 aliphatic heterocycles. The molecule has 1 fully saturated rings. The molecular weight excluding hydrogens is 276 g/mol. The smallest absolute Gasteiger partial charge is 0.317 e. The number of fused-ring (bicyclic) bond motifs is 1. The molecule has 0 aromatic heterocycles. The molecule has 6 heteroatoms. The fraction of sp³-hybridized carbons (Fsp3) is 0.500. The van der Waals surface area contributed by atoms with Gasteiger partial charge in [0.1, 0.15) is 0 Å². The molecule has 0 aliphatic carbocycles. The second kappa shape index (κ2) is 5.09. The summed E-state index contributed by atoms with van der Waals surface area (Å²) in [5, 5.41) is 2.84. The Balaban J connectivity index is 1.62. The molecular formula is C14H18N2O3S. The molecule has 108 valence electrons. The van der Waals surface area contributed by atoms with E-state index in [1.807, 2.05) is 18.2 Å². The van der Waals surface area contributed by atoms with Gasteiger partial charge in [-0.3, -0.25) is 0 Å². The first kappa shape index (κ1) is 13.4. The van der Waals surface area contributed by atoms with Crippen molar-refractivity contribution in [2.75, 3.05) is 18.1 Å². The normalized spacial score (nSPS) is 24.2. The number of nitrogens with one attached hydrogen (secondary N) is 1. The third-order valence-electron chi connectivity index (χ3n) is 3.98. The molecule has 1 aromatic rings. The molecule has 0 radical (unpaired) electrons. The first-order valence-electron chi connectivity index (χ1n) is 6.86. The van der Waals surface area contributed by atoms with E-state index in [2.05, 4.69) is 11.4 Å². The number of carbonyl (C=O) groups is 1. The van der Waals surface area contributed by atoms with Gasteiger partial charge in [0.05, 0.1) is 11.5 Å². The quantitative estimate of drug-likeness (QED) is 0.838. The van der Waals surface area contributed by atoms with E-state index in [0.29, 0.717) is 19.5 Å². The average Bonchev–Trinajstić information content (AvgIpc) is 2.77. The molecule has 2 heterocycles. The molecule has 1 atom stereocenters. The average molecular weight is 294 g/mol. The fourth-order valence-corrected chi connectivity index (χ4v) is 4.52. The summed E-state index contributed by atoms with van der Waals surface area (Å²) < 4.78 is 22.8. The van der Waals surface area contributed by atoms with Gasteiger partial charge in [-0.1, -0.05) is 24.3 Å². The topological polar surface area (TPSA) is 66.5 Å². The summed E-state index contributed by atoms with van der Waals surface area (Å²) in [4.78, 5) is 14.0. The van der Waals surface area contributed by atoms with Gasteiger partial charge in [0.2, 0.25) is 0 Å². The van der Waals surface area contributed by atoms with Crippen molar-refractivity contribution in [2.45, 2.75) is 25.4 Å². The van der Waals surface area contributed by atoms with Gasteiger partial charge in [-0.25, -0.2) is 13.2 Å². The summed E-state index contributed by atoms with van der Waals surface area (Å²) in [6.45, 7) is 1.28. The first-order valence-corrected chi connectivity index (χ1v) is 8.68. The van der Waals surface area contributed by atoms with Gasteiger partial charge in [0.15, 0.2) is 9.84 Å². The van der Waals surface area contributed by atoms with E-state index in [1.54, 1.807) is 4.90 Å². The van der Waals surface area contributed by atoms with Crippen molar-refractivity contribution in [3.63, 3.8) is 0 Å². The van der Waals surface area contributed by atoms with Crippen LogP contribution in [0.1, 0.15) is 17.5 Å². The highest BCUT2D eigenvalue weighted by molar-refractivity contribution is 7.91. The molecule has 0 spiro atoms. The summed E-state index contributed by atoms with van der Waals surface area (Å²) in [5.74, 6) is 0.254. The molecule has 1 aromatic carbocycles. The van der Waals surface area contributed by atoms with E-state index in [-0.39, 0.29) is 23.6 Å². The molecule has 0 bridgehead atoms. The minimum atomic E-state index is -2.95. The number of urea groups is 1. The number of sulfone groups is 1. The van der Waals surface area contributed by atoms with Gasteiger partial charge in [-0.05, 0) is 24.0 Å². The SMILES string of the molecule is O=C(NC1CCS(=O)(=O)C1)N1CCc2ccccc2C1. The standard InChI is InChI=1S/C14H18N2O3S/c17-14(15-13-6-8-20(18,19)10-13)16-7-5-11-3-1-2-4-12(11)9-16/h1-4,13H,5-10H2,(H,15,17). The second-order valence-electron chi connectivity index (χ2n) is 5.49. The maximum absolute atomic E-state index is 12.2. The molecule has 0 saturated carbocycles. The van der Waals surface area contributed by atoms with Crippen LogP contribution in [0.25, 0.3) is 0 Å². The van der Waals surface area contributed by atoms with Crippen LogP contribution in [0.5, 0.6) is 0 Å². The van der Waals surface area contributed by atoms with Crippen molar-refractivity contribution in [1.82, 2.24) is 10.2 Å². The zero-order valence-electron chi connectivity index (χ0n) is 11.2. The van der Waals surface area contributed by atoms with Crippen molar-refractivity contribution in [2.24, 2.45) is 0 Å². The number of rotatable bonds is 1. The number of carbonyl (C=O) groups excluding carboxylic acids is 1. The first-order chi connectivity index (χ1) is 9.53. The van der Waals surface area contributed by atoms with Gasteiger partial charge in [0, 0.05) is 19.1 Å². The summed E-state index contributed by atoms with van der Waals surface area (Å²) >= 11 is 0. The van der Waals surface area contributed by atoms with Gasteiger partial charge >= 0.3 is 6.03 Å². The maximum atomic E-state index is 12.2. The fourth-order valence-electron chi connectivity index (χ4n) is 2.84. The maximum Gasteiger partial charge on any atom is 0.317 e. The molecule has 5 nitrogen and oxygen atoms in total. The lowest BCUT2D eigenvalue weighted by molar-refractivity contribution is 0.189. The van der Waals surface area contributed by atoms with Crippen molar-refractivity contribution in [1.29, 1.82) is 0 Å². The molecule has 2 aliphatic rings. The summed E-state index contributed by atoms with van der Waals surface area (Å²) in [6.07, 6.45) is 1.38. The molecule has 3 rings (SSSR count). The molecule has 2 amide bonds. The van der Waals surface area contributed by atoms with Crippen molar-refractivity contribution < 1.29 is 13.2 Å². The number of nitrogens with zero attached hydrogens (tertiary/aromatic N) is 1. The van der Waals surface area contributed by atoms with Crippen LogP contribution in [0.2, 0.25) is 0 Å². The van der Waals surface area contributed by atoms with E-state index in [1.165, 1.54) is 11.1 Å². The number of hydrogen-bond acceptors (Lipinski definition) is 3. The Morgan fingerprint density at radius 1 is 1.25 bits per heavy atom. The van der Waals surface area contributed by atoms with Crippen LogP contribution in [-0.4, -0.2) is 43.4 Å². The monoisotopic (exact) mass is 294 g/mol. The molecule has 20 heavy (non-hydrogen) atoms. The van der Waals surface area contributed by atoms with Crippen molar-refractivity contribution in [3.8, 4) is 0 Å². The Hall–Kier alpha value is -1.56. The number of amides is 2. The highest BCUT2D eigenvalue weighted by Gasteiger charge is 2.30. The molecule has 1 unspecified atom stereocenters. The number of benzene rings is 1. The Bertz CT molecular complexity index is 627. The van der Waals surface area contributed by atoms with Crippen LogP contribution in [-0.2, 0) is 22.8 Å². The summed E-state index contributed by atoms with van der Waals surface area (Å²) in [7, 11) is -2.95. The lowest BCUT2D eigenvalue weighted by atomic mass is 10.0. The second-order valence-corrected chi connectivity index (χ2v) is 7.72. The zero-order chi connectivity index (χ0) is 14.2. The van der Waals surface area contributed by atoms with E-state index < -0.39 is 9.84 Å². The van der Waals surface area contributed by atoms with Gasteiger partial charge in [0.25, 0.3) is 0 Å². The minimum absolute atomic E-state index is 0.0726. The Morgan fingerprint density at radius 2 is 2.00 bits per heavy atom. The van der Waals surface area contributed by atoms with E-state index in [9.17, 15) is 13.2 Å². The van der Waals surface area contributed by atoms with Gasteiger partial charge < -0.3 is 10.2 Å². The highest BCUT2D eigenvalue weighted by Crippen LogP contribution is 2.19. The predicted molar refractivity (Wildman–Crippen MR) is 76.1 cm³/mol. The largest absolute Gasteiger partial charge is 0.334 e. The minimum Gasteiger partial charge on any atom is -0.334 e. The van der Waals surface area contributed by atoms with E-state index in [0.717, 1.165) is 6.42 Å². The Labute approximate surface area is 118 Å². The van der Waals surface area contributed by atoms with Crippen LogP contribution in [0.3, 0.4) is 0 Å². The van der Waals surface area contributed by atoms with Crippen LogP contribution < -0.4 is 5.32 Å². The van der Waals surface area contributed by atoms with Crippen LogP contribution in [0, 0.1) is 0 Å². The predicted octanol–water partition coefficient (Wildman–Crippen LogP) is 0.941. The number of hydrogen-bond donors (Lipinski definition) is 1. The Morgan fingerprint density at radius 3 is 2.70 bits per heavy atom. The van der Waals surface area contributed by atoms with Crippen molar-refractivity contribution in [3.05, 3.63) is 35.4 Å².